The average molecular weight is 223 g/mol. The Hall–Kier alpha value is -0.380. The van der Waals surface area contributed by atoms with Crippen LogP contribution < -0.4 is 5.32 Å². The maximum Gasteiger partial charge on any atom is 0.418 e. The van der Waals surface area contributed by atoms with E-state index in [0.29, 0.717) is 12.8 Å². The largest absolute Gasteiger partial charge is 0.418 e. The first kappa shape index (κ1) is 13.6. The maximum absolute atomic E-state index is 11.8. The summed E-state index contributed by atoms with van der Waals surface area (Å²) in [6.07, 6.45) is 1.38. The van der Waals surface area contributed by atoms with Crippen LogP contribution in [0.15, 0.2) is 0 Å². The van der Waals surface area contributed by atoms with Gasteiger partial charge in [-0.15, -0.1) is 0 Å². The molecule has 0 spiro atoms. The molecule has 0 heterocycles. The smallest absolute Gasteiger partial charge is 0.349 e. The van der Waals surface area contributed by atoms with Crippen LogP contribution >= 0.6 is 7.60 Å². The zero-order valence-corrected chi connectivity index (χ0v) is 9.80. The van der Waals surface area contributed by atoms with Crippen molar-refractivity contribution in [2.75, 3.05) is 20.3 Å². The molecule has 0 aliphatic carbocycles. The molecule has 0 fully saturated rings. The Morgan fingerprint density at radius 2 is 1.64 bits per heavy atom. The van der Waals surface area contributed by atoms with Crippen molar-refractivity contribution in [3.8, 4) is 0 Å². The second-order valence-electron chi connectivity index (χ2n) is 2.72. The number of amides is 1. The molecule has 1 amide bonds. The molecule has 0 aromatic heterocycles. The number of carbonyl (C=O) groups excluding carboxylic acids is 1. The van der Waals surface area contributed by atoms with Gasteiger partial charge in [-0.05, 0) is 12.8 Å². The van der Waals surface area contributed by atoms with Gasteiger partial charge in [-0.2, -0.15) is 0 Å². The molecule has 0 unspecified atom stereocenters. The summed E-state index contributed by atoms with van der Waals surface area (Å²) in [5.74, 6) is 0. The molecule has 5 nitrogen and oxygen atoms in total. The highest BCUT2D eigenvalue weighted by atomic mass is 31.2. The molecule has 0 aromatic rings. The number of hydrogen-bond acceptors (Lipinski definition) is 4. The zero-order valence-electron chi connectivity index (χ0n) is 8.91. The van der Waals surface area contributed by atoms with E-state index < -0.39 is 13.2 Å². The maximum atomic E-state index is 11.8. The molecule has 0 aliphatic rings. The molecule has 0 aliphatic heterocycles. The van der Waals surface area contributed by atoms with E-state index in [-0.39, 0.29) is 13.2 Å². The summed E-state index contributed by atoms with van der Waals surface area (Å²) in [5, 5.41) is 2.27. The van der Waals surface area contributed by atoms with Crippen molar-refractivity contribution in [2.45, 2.75) is 26.7 Å². The van der Waals surface area contributed by atoms with E-state index in [1.54, 1.807) is 0 Å². The van der Waals surface area contributed by atoms with Crippen LogP contribution in [0.5, 0.6) is 0 Å². The molecule has 0 saturated carbocycles. The lowest BCUT2D eigenvalue weighted by atomic mass is 10.5. The summed E-state index contributed by atoms with van der Waals surface area (Å²) in [6, 6.07) is 0. The SMILES string of the molecule is CCCOP(=O)(OCCC)C(=O)NC. The predicted molar refractivity (Wildman–Crippen MR) is 54.5 cm³/mol. The minimum Gasteiger partial charge on any atom is -0.349 e. The standard InChI is InChI=1S/C8H18NO4P/c1-4-6-12-14(11,8(10)9-3)13-7-5-2/h4-7H2,1-3H3,(H,9,10). The van der Waals surface area contributed by atoms with Gasteiger partial charge in [-0.25, -0.2) is 4.57 Å². The third-order valence-electron chi connectivity index (χ3n) is 1.39. The van der Waals surface area contributed by atoms with Crippen LogP contribution in [0, 0.1) is 0 Å². The van der Waals surface area contributed by atoms with Gasteiger partial charge in [0.2, 0.25) is 0 Å². The molecule has 84 valence electrons. The Morgan fingerprint density at radius 3 is 1.93 bits per heavy atom. The first-order chi connectivity index (χ1) is 6.60. The second kappa shape index (κ2) is 6.98. The molecule has 0 aromatic carbocycles. The van der Waals surface area contributed by atoms with Gasteiger partial charge in [-0.3, -0.25) is 4.79 Å². The Morgan fingerprint density at radius 1 is 1.21 bits per heavy atom. The molecule has 1 N–H and O–H groups in total. The fourth-order valence-electron chi connectivity index (χ4n) is 0.714. The number of hydrogen-bond donors (Lipinski definition) is 1. The summed E-state index contributed by atoms with van der Waals surface area (Å²) in [7, 11) is -2.19. The van der Waals surface area contributed by atoms with Crippen molar-refractivity contribution in [1.82, 2.24) is 5.32 Å². The van der Waals surface area contributed by atoms with Gasteiger partial charge in [0.25, 0.3) is 0 Å². The van der Waals surface area contributed by atoms with Crippen LogP contribution in [0.3, 0.4) is 0 Å². The lowest BCUT2D eigenvalue weighted by Gasteiger charge is -2.15. The molecule has 6 heteroatoms. The molecular formula is C8H18NO4P. The van der Waals surface area contributed by atoms with Crippen LogP contribution in [0.4, 0.5) is 4.79 Å². The summed E-state index contributed by atoms with van der Waals surface area (Å²) in [5.41, 5.74) is -0.681. The molecule has 0 saturated heterocycles. The molecule has 0 bridgehead atoms. The van der Waals surface area contributed by atoms with Crippen LogP contribution in [0.2, 0.25) is 0 Å². The average Bonchev–Trinajstić information content (AvgIpc) is 2.22. The molecule has 0 atom stereocenters. The van der Waals surface area contributed by atoms with Crippen LogP contribution in [-0.2, 0) is 13.6 Å². The number of carbonyl (C=O) groups is 1. The first-order valence-corrected chi connectivity index (χ1v) is 6.26. The van der Waals surface area contributed by atoms with Crippen molar-refractivity contribution in [2.24, 2.45) is 0 Å². The molecule has 0 rings (SSSR count). The van der Waals surface area contributed by atoms with Gasteiger partial charge < -0.3 is 14.4 Å². The Kier molecular flexibility index (Phi) is 6.79. The molecule has 14 heavy (non-hydrogen) atoms. The van der Waals surface area contributed by atoms with Crippen molar-refractivity contribution >= 4 is 13.2 Å². The van der Waals surface area contributed by atoms with Crippen molar-refractivity contribution in [1.29, 1.82) is 0 Å². The van der Waals surface area contributed by atoms with Gasteiger partial charge >= 0.3 is 13.2 Å². The highest BCUT2D eigenvalue weighted by Crippen LogP contribution is 2.48. The minimum absolute atomic E-state index is 0.258. The highest BCUT2D eigenvalue weighted by molar-refractivity contribution is 7.71. The van der Waals surface area contributed by atoms with Crippen molar-refractivity contribution in [3.05, 3.63) is 0 Å². The molecular weight excluding hydrogens is 205 g/mol. The molecule has 0 radical (unpaired) electrons. The fraction of sp³-hybridized carbons (Fsp3) is 0.875. The lowest BCUT2D eigenvalue weighted by Crippen LogP contribution is -2.19. The van der Waals surface area contributed by atoms with E-state index in [0.717, 1.165) is 0 Å². The van der Waals surface area contributed by atoms with E-state index in [1.807, 2.05) is 13.8 Å². The van der Waals surface area contributed by atoms with E-state index in [9.17, 15) is 9.36 Å². The van der Waals surface area contributed by atoms with Crippen molar-refractivity contribution < 1.29 is 18.4 Å². The fourth-order valence-corrected chi connectivity index (χ4v) is 2.14. The number of nitrogens with one attached hydrogen (secondary N) is 1. The third-order valence-corrected chi connectivity index (χ3v) is 3.16. The predicted octanol–water partition coefficient (Wildman–Crippen LogP) is 2.37. The highest BCUT2D eigenvalue weighted by Gasteiger charge is 2.33. The minimum atomic E-state index is -3.59. The summed E-state index contributed by atoms with van der Waals surface area (Å²) < 4.78 is 21.7. The Labute approximate surface area is 84.7 Å². The van der Waals surface area contributed by atoms with Crippen LogP contribution in [0.25, 0.3) is 0 Å². The Bertz CT molecular complexity index is 207. The van der Waals surface area contributed by atoms with E-state index in [1.165, 1.54) is 7.05 Å². The van der Waals surface area contributed by atoms with Gasteiger partial charge in [0.1, 0.15) is 0 Å². The van der Waals surface area contributed by atoms with E-state index in [4.69, 9.17) is 9.05 Å². The number of rotatable bonds is 7. The van der Waals surface area contributed by atoms with Gasteiger partial charge in [0.15, 0.2) is 0 Å². The van der Waals surface area contributed by atoms with E-state index >= 15 is 0 Å². The summed E-state index contributed by atoms with van der Waals surface area (Å²) in [6.45, 7) is 4.25. The van der Waals surface area contributed by atoms with Gasteiger partial charge in [-0.1, -0.05) is 13.8 Å². The van der Waals surface area contributed by atoms with Gasteiger partial charge in [0.05, 0.1) is 13.2 Å². The Balaban J connectivity index is 4.33. The summed E-state index contributed by atoms with van der Waals surface area (Å²) >= 11 is 0. The first-order valence-electron chi connectivity index (χ1n) is 4.72. The quantitative estimate of drug-likeness (QED) is 0.673. The van der Waals surface area contributed by atoms with E-state index in [2.05, 4.69) is 5.32 Å². The van der Waals surface area contributed by atoms with Gasteiger partial charge in [0, 0.05) is 7.05 Å². The second-order valence-corrected chi connectivity index (χ2v) is 4.64. The van der Waals surface area contributed by atoms with Crippen LogP contribution in [-0.4, -0.2) is 25.9 Å². The normalized spacial score (nSPS) is 11.4. The van der Waals surface area contributed by atoms with Crippen molar-refractivity contribution in [3.63, 3.8) is 0 Å². The topological polar surface area (TPSA) is 64.6 Å². The third kappa shape index (κ3) is 4.22. The van der Waals surface area contributed by atoms with Crippen LogP contribution in [0.1, 0.15) is 26.7 Å². The summed E-state index contributed by atoms with van der Waals surface area (Å²) in [4.78, 5) is 11.2. The zero-order chi connectivity index (χ0) is 11.0. The lowest BCUT2D eigenvalue weighted by molar-refractivity contribution is 0.197. The monoisotopic (exact) mass is 223 g/mol.